The van der Waals surface area contributed by atoms with Crippen LogP contribution in [0.1, 0.15) is 249 Å². The Morgan fingerprint density at radius 2 is 0.818 bits per heavy atom. The predicted molar refractivity (Wildman–Crippen MR) is 441 cm³/mol. The number of allylic oxidation sites excluding steroid dienone is 5. The number of ether oxygens (including phenoxy) is 3. The van der Waals surface area contributed by atoms with Gasteiger partial charge in [0.25, 0.3) is 0 Å². The summed E-state index contributed by atoms with van der Waals surface area (Å²) in [5.74, 6) is 0.534. The number of halogens is 6. The van der Waals surface area contributed by atoms with Gasteiger partial charge in [0.05, 0.1) is 16.8 Å². The van der Waals surface area contributed by atoms with E-state index in [2.05, 4.69) is 251 Å². The van der Waals surface area contributed by atoms with Gasteiger partial charge in [-0.15, -0.1) is 24.2 Å². The molecule has 3 aliphatic rings. The average molecular weight is 1620 g/mol. The van der Waals surface area contributed by atoms with Crippen molar-refractivity contribution in [2.24, 2.45) is 0 Å². The van der Waals surface area contributed by atoms with Crippen molar-refractivity contribution in [1.82, 2.24) is 0 Å². The quantitative estimate of drug-likeness (QED) is 0.0212. The Morgan fingerprint density at radius 1 is 0.444 bits per heavy atom. The molecule has 0 heterocycles. The van der Waals surface area contributed by atoms with Crippen molar-refractivity contribution in [1.29, 1.82) is 0 Å². The third-order valence-electron chi connectivity index (χ3n) is 16.9. The second-order valence-corrected chi connectivity index (χ2v) is 47.0. The van der Waals surface area contributed by atoms with Crippen molar-refractivity contribution in [2.45, 2.75) is 271 Å². The molecular weight excluding hydrogens is 1490 g/mol. The van der Waals surface area contributed by atoms with Crippen molar-refractivity contribution in [3.05, 3.63) is 211 Å². The summed E-state index contributed by atoms with van der Waals surface area (Å²) in [6.07, 6.45) is 28.8. The van der Waals surface area contributed by atoms with E-state index < -0.39 is 67.6 Å². The van der Waals surface area contributed by atoms with Gasteiger partial charge < -0.3 is 51.8 Å². The molecule has 560 valence electrons. The molecule has 4 aromatic carbocycles. The molecule has 0 spiro atoms. The fraction of sp³-hybridized carbons (Fsp3) is 0.573. The minimum atomic E-state index is -1.76. The maximum absolute atomic E-state index is 5.83. The van der Waals surface area contributed by atoms with Crippen molar-refractivity contribution in [3.8, 4) is 0 Å². The topological polar surface area (TPSA) is 70.0 Å². The second kappa shape index (κ2) is 52.9. The van der Waals surface area contributed by atoms with E-state index >= 15 is 0 Å². The van der Waals surface area contributed by atoms with E-state index in [1.54, 1.807) is 5.57 Å². The first-order chi connectivity index (χ1) is 45.1. The predicted octanol–water partition coefficient (Wildman–Crippen LogP) is 28.9. The van der Waals surface area contributed by atoms with Crippen LogP contribution in [0.5, 0.6) is 0 Å². The Balaban J connectivity index is 0. The molecule has 6 nitrogen and oxygen atoms in total. The summed E-state index contributed by atoms with van der Waals surface area (Å²) in [5.41, 5.74) is 15.4. The van der Waals surface area contributed by atoms with Gasteiger partial charge >= 0.3 is 107 Å². The van der Waals surface area contributed by atoms with Gasteiger partial charge in [-0.1, -0.05) is 268 Å². The Kier molecular flexibility index (Phi) is 53.9. The first-order valence-corrected chi connectivity index (χ1v) is 54.1. The Morgan fingerprint density at radius 3 is 1.26 bits per heavy atom. The molecule has 0 amide bonds. The minimum absolute atomic E-state index is 0. The van der Waals surface area contributed by atoms with Crippen LogP contribution in [0.4, 0.5) is 0 Å². The van der Waals surface area contributed by atoms with Crippen molar-refractivity contribution < 1.29 is 65.3 Å². The van der Waals surface area contributed by atoms with E-state index in [4.69, 9.17) is 85.3 Å². The van der Waals surface area contributed by atoms with Gasteiger partial charge in [-0.2, -0.15) is 6.54 Å². The molecule has 0 fully saturated rings. The van der Waals surface area contributed by atoms with E-state index in [-0.39, 0.29) is 50.2 Å². The number of benzene rings is 4. The summed E-state index contributed by atoms with van der Waals surface area (Å²) >= 11 is -1.67. The number of hydrogen-bond acceptors (Lipinski definition) is 3. The zero-order valence-corrected chi connectivity index (χ0v) is 76.5. The summed E-state index contributed by atoms with van der Waals surface area (Å²) in [6, 6.07) is 37.8. The van der Waals surface area contributed by atoms with Gasteiger partial charge in [-0.05, 0) is 168 Å². The van der Waals surface area contributed by atoms with Crippen LogP contribution in [0.25, 0.3) is 32.0 Å². The SMILES string of the molecule is C=CCC[N-][Si](C)(C)C1C=C(CCCCCCOC(C)(C)C)c2ccccc21.CC(C)(C)OCCCCCC[N-][Si](C)(C)C1C=C(Cc2ccccc2)c2ccccc21.CC(C)(C)[N-]C(C)(C)C1=CC(CCCCCCOC(C)(C)C)c2ccccc21.[CH3-].[CH3-].[CH3-].[Cl][Ti][Cl].[Cl][Ti][Cl].[Cl][Ti][Cl]. The zero-order valence-electron chi connectivity index (χ0n) is 65.2. The van der Waals surface area contributed by atoms with E-state index in [1.165, 1.54) is 121 Å². The van der Waals surface area contributed by atoms with E-state index in [1.807, 2.05) is 6.08 Å². The van der Waals surface area contributed by atoms with Crippen LogP contribution in [0.2, 0.25) is 26.2 Å². The number of unbranched alkanes of at least 4 members (excludes halogenated alkanes) is 9. The Labute approximate surface area is 661 Å². The Hall–Kier alpha value is -0.0834. The molecular formula is C82H131Cl6N3O3Si2Ti3-6. The van der Waals surface area contributed by atoms with Gasteiger partial charge in [0.2, 0.25) is 0 Å². The van der Waals surface area contributed by atoms with Gasteiger partial charge in [-0.3, -0.25) is 0 Å². The molecule has 7 rings (SSSR count). The normalized spacial score (nSPS) is 15.2. The van der Waals surface area contributed by atoms with Crippen LogP contribution >= 0.6 is 55.8 Å². The summed E-state index contributed by atoms with van der Waals surface area (Å²) in [6.45, 7) is 48.3. The van der Waals surface area contributed by atoms with Crippen molar-refractivity contribution >= 4 is 89.0 Å². The number of hydrogen-bond donors (Lipinski definition) is 0. The number of nitrogens with zero attached hydrogens (tertiary/aromatic N) is 3. The monoisotopic (exact) mass is 1620 g/mol. The van der Waals surface area contributed by atoms with E-state index in [0.29, 0.717) is 17.0 Å². The second-order valence-electron chi connectivity index (χ2n) is 30.8. The first-order valence-electron chi connectivity index (χ1n) is 35.1. The van der Waals surface area contributed by atoms with Gasteiger partial charge in [0.15, 0.2) is 0 Å². The fourth-order valence-corrected chi connectivity index (χ4v) is 17.7. The van der Waals surface area contributed by atoms with Gasteiger partial charge in [-0.25, -0.2) is 0 Å². The third-order valence-corrected chi connectivity index (χ3v) is 22.9. The molecule has 0 aromatic heterocycles. The van der Waals surface area contributed by atoms with Gasteiger partial charge in [0.1, 0.15) is 0 Å². The van der Waals surface area contributed by atoms with Crippen LogP contribution < -0.4 is 0 Å². The molecule has 0 saturated heterocycles. The standard InChI is InChI=1S/C28H40NOSi.C26H42NO.C25H40NOSi.3CH3.6ClH.3Ti/c1-28(2,3)30-20-14-7-6-13-19-29-31(4,5)27-22-24(21-23-15-9-8-10-16-23)25-17-11-12-18-26(25)27;1-24(2,3)27-26(7,8)23-19-20(21-16-12-13-17-22(21)23)15-11-9-10-14-18-28-25(4,5)6;1-7-8-18-26-28(5,6)24-20-21(22-16-12-13-17-23(22)24)15-11-9-10-14-19-27-25(2,3)4;;;;;;;;;;;;/h8-12,15-18,22,27H,6-7,13-14,19-21H2,1-5H3;12-13,16-17,19-20H,9-11,14-15,18H2,1-8H3;7,12-13,16-17,20,24H,1,8-11,14-15,18-19H2,2-6H3;3*1H3;6*1H;;;/q6*-1;;;;;;;3*+2/p-6. The van der Waals surface area contributed by atoms with E-state index in [9.17, 15) is 0 Å². The summed E-state index contributed by atoms with van der Waals surface area (Å²) in [4.78, 5) is 10.4. The molecule has 3 atom stereocenters. The molecule has 0 bridgehead atoms. The summed E-state index contributed by atoms with van der Waals surface area (Å²) in [5, 5.41) is 5.12. The maximum atomic E-state index is 5.83. The molecule has 17 heteroatoms. The van der Waals surface area contributed by atoms with Crippen LogP contribution in [0.15, 0.2) is 134 Å². The van der Waals surface area contributed by atoms with E-state index in [0.717, 1.165) is 65.0 Å². The first kappa shape index (κ1) is 101. The molecule has 4 aromatic rings. The molecule has 0 radical (unpaired) electrons. The van der Waals surface area contributed by atoms with Crippen LogP contribution in [-0.2, 0) is 71.7 Å². The molecule has 99 heavy (non-hydrogen) atoms. The number of fused-ring (bicyclic) bond motifs is 3. The molecule has 0 saturated carbocycles. The van der Waals surface area contributed by atoms with Crippen molar-refractivity contribution in [3.63, 3.8) is 0 Å². The number of rotatable bonds is 32. The Bertz CT molecular complexity index is 2860. The van der Waals surface area contributed by atoms with Crippen LogP contribution in [0, 0.1) is 22.3 Å². The van der Waals surface area contributed by atoms with Gasteiger partial charge in [0, 0.05) is 25.7 Å². The molecule has 3 unspecified atom stereocenters. The molecule has 0 aliphatic heterocycles. The molecule has 3 aliphatic carbocycles. The third kappa shape index (κ3) is 42.3. The van der Waals surface area contributed by atoms with Crippen molar-refractivity contribution in [2.75, 3.05) is 32.9 Å². The van der Waals surface area contributed by atoms with Crippen LogP contribution in [-0.4, -0.2) is 77.3 Å². The average Bonchev–Trinajstić information content (AvgIpc) is 1.65. The summed E-state index contributed by atoms with van der Waals surface area (Å²) < 4.78 is 17.5. The summed E-state index contributed by atoms with van der Waals surface area (Å²) in [7, 11) is 25.9. The van der Waals surface area contributed by atoms with Crippen LogP contribution in [0.3, 0.4) is 0 Å². The zero-order chi connectivity index (χ0) is 72.1. The fourth-order valence-electron chi connectivity index (χ4n) is 12.7. The molecule has 0 N–H and O–H groups in total.